The number of H-pyrrole nitrogens is 1. The van der Waals surface area contributed by atoms with Crippen LogP contribution in [0.25, 0.3) is 0 Å². The predicted molar refractivity (Wildman–Crippen MR) is 66.2 cm³/mol. The number of halogens is 1. The van der Waals surface area contributed by atoms with Gasteiger partial charge in [-0.15, -0.1) is 0 Å². The molecule has 0 aliphatic heterocycles. The minimum absolute atomic E-state index is 0.175. The molecule has 0 bridgehead atoms. The molecule has 0 saturated carbocycles. The molecule has 0 aliphatic carbocycles. The zero-order valence-electron chi connectivity index (χ0n) is 8.98. The van der Waals surface area contributed by atoms with Gasteiger partial charge >= 0.3 is 0 Å². The summed E-state index contributed by atoms with van der Waals surface area (Å²) < 4.78 is 0. The van der Waals surface area contributed by atoms with E-state index in [1.165, 1.54) is 24.0 Å². The molecule has 0 amide bonds. The minimum atomic E-state index is -0.175. The summed E-state index contributed by atoms with van der Waals surface area (Å²) in [5, 5.41) is 0.960. The van der Waals surface area contributed by atoms with Crippen LogP contribution in [0.1, 0.15) is 11.5 Å². The van der Waals surface area contributed by atoms with Crippen molar-refractivity contribution >= 4 is 23.4 Å². The molecule has 0 radical (unpaired) electrons. The summed E-state index contributed by atoms with van der Waals surface area (Å²) in [6.07, 6.45) is 1.46. The third-order valence-electron chi connectivity index (χ3n) is 1.86. The molecule has 1 N–H and O–H groups in total. The van der Waals surface area contributed by atoms with Crippen LogP contribution in [0.5, 0.6) is 0 Å². The summed E-state index contributed by atoms with van der Waals surface area (Å²) >= 11 is 7.18. The van der Waals surface area contributed by atoms with Crippen molar-refractivity contribution in [3.63, 3.8) is 0 Å². The van der Waals surface area contributed by atoms with E-state index in [2.05, 4.69) is 19.9 Å². The summed E-state index contributed by atoms with van der Waals surface area (Å²) in [5.74, 6) is 1.13. The first-order valence-electron chi connectivity index (χ1n) is 4.82. The van der Waals surface area contributed by atoms with Crippen molar-refractivity contribution in [1.29, 1.82) is 0 Å². The van der Waals surface area contributed by atoms with Gasteiger partial charge < -0.3 is 4.98 Å². The van der Waals surface area contributed by atoms with E-state index in [1.807, 2.05) is 6.92 Å². The third kappa shape index (κ3) is 3.54. The van der Waals surface area contributed by atoms with Crippen LogP contribution in [-0.4, -0.2) is 19.9 Å². The largest absolute Gasteiger partial charge is 0.301 e. The molecule has 0 aliphatic rings. The highest BCUT2D eigenvalue weighted by Gasteiger charge is 2.03. The Bertz CT molecular complexity index is 566. The fraction of sp³-hybridized carbons (Fsp3) is 0.200. The number of aromatic amines is 1. The van der Waals surface area contributed by atoms with E-state index in [4.69, 9.17) is 11.6 Å². The number of nitrogens with zero attached hydrogens (tertiary/aromatic N) is 3. The Morgan fingerprint density at radius 3 is 3.00 bits per heavy atom. The molecule has 5 nitrogen and oxygen atoms in total. The fourth-order valence-electron chi connectivity index (χ4n) is 1.21. The van der Waals surface area contributed by atoms with Crippen LogP contribution in [0, 0.1) is 6.92 Å². The van der Waals surface area contributed by atoms with Crippen molar-refractivity contribution in [2.45, 2.75) is 17.8 Å². The normalized spacial score (nSPS) is 10.5. The van der Waals surface area contributed by atoms with Gasteiger partial charge in [0, 0.05) is 18.0 Å². The Balaban J connectivity index is 2.09. The second-order valence-corrected chi connectivity index (χ2v) is 4.63. The molecule has 0 aromatic carbocycles. The molecular weight excluding hydrogens is 260 g/mol. The lowest BCUT2D eigenvalue weighted by Gasteiger charge is -2.01. The highest BCUT2D eigenvalue weighted by Crippen LogP contribution is 2.16. The van der Waals surface area contributed by atoms with Gasteiger partial charge in [-0.25, -0.2) is 15.0 Å². The Morgan fingerprint density at radius 2 is 2.29 bits per heavy atom. The van der Waals surface area contributed by atoms with E-state index in [9.17, 15) is 4.79 Å². The Labute approximate surface area is 107 Å². The van der Waals surface area contributed by atoms with Crippen LogP contribution in [0.4, 0.5) is 0 Å². The predicted octanol–water partition coefficient (Wildman–Crippen LogP) is 1.81. The molecule has 0 atom stereocenters. The maximum atomic E-state index is 11.0. The van der Waals surface area contributed by atoms with Gasteiger partial charge in [-0.2, -0.15) is 0 Å². The fourth-order valence-corrected chi connectivity index (χ4v) is 2.17. The van der Waals surface area contributed by atoms with Gasteiger partial charge in [0.1, 0.15) is 11.0 Å². The maximum Gasteiger partial charge on any atom is 0.251 e. The van der Waals surface area contributed by atoms with Gasteiger partial charge in [0.25, 0.3) is 5.56 Å². The summed E-state index contributed by atoms with van der Waals surface area (Å²) in [7, 11) is 0. The second kappa shape index (κ2) is 5.29. The molecular formula is C10H9ClN4OS. The third-order valence-corrected chi connectivity index (χ3v) is 2.93. The van der Waals surface area contributed by atoms with Crippen LogP contribution < -0.4 is 5.56 Å². The molecule has 7 heteroatoms. The molecule has 0 unspecified atom stereocenters. The molecule has 2 heterocycles. The average Bonchev–Trinajstić information content (AvgIpc) is 2.25. The first kappa shape index (κ1) is 12.1. The van der Waals surface area contributed by atoms with Crippen molar-refractivity contribution in [2.75, 3.05) is 0 Å². The van der Waals surface area contributed by atoms with Gasteiger partial charge in [-0.1, -0.05) is 23.4 Å². The van der Waals surface area contributed by atoms with Crippen molar-refractivity contribution in [2.24, 2.45) is 0 Å². The van der Waals surface area contributed by atoms with Gasteiger partial charge in [0.15, 0.2) is 5.16 Å². The van der Waals surface area contributed by atoms with Crippen LogP contribution in [-0.2, 0) is 5.75 Å². The van der Waals surface area contributed by atoms with E-state index in [0.717, 1.165) is 5.69 Å². The van der Waals surface area contributed by atoms with E-state index in [1.54, 1.807) is 6.07 Å². The zero-order valence-corrected chi connectivity index (χ0v) is 10.5. The highest BCUT2D eigenvalue weighted by atomic mass is 35.5. The van der Waals surface area contributed by atoms with E-state index >= 15 is 0 Å². The van der Waals surface area contributed by atoms with Crippen molar-refractivity contribution in [3.05, 3.63) is 45.4 Å². The quantitative estimate of drug-likeness (QED) is 0.522. The molecule has 88 valence electrons. The number of nitrogens with one attached hydrogen (secondary N) is 1. The Morgan fingerprint density at radius 1 is 1.47 bits per heavy atom. The summed E-state index contributed by atoms with van der Waals surface area (Å²) in [6, 6.07) is 3.06. The van der Waals surface area contributed by atoms with Crippen LogP contribution in [0.15, 0.2) is 28.3 Å². The maximum absolute atomic E-state index is 11.0. The lowest BCUT2D eigenvalue weighted by molar-refractivity contribution is 0.928. The zero-order chi connectivity index (χ0) is 12.3. The first-order valence-corrected chi connectivity index (χ1v) is 6.18. The topological polar surface area (TPSA) is 71.5 Å². The summed E-state index contributed by atoms with van der Waals surface area (Å²) in [5.41, 5.74) is 0.640. The van der Waals surface area contributed by atoms with Gasteiger partial charge in [-0.3, -0.25) is 4.79 Å². The van der Waals surface area contributed by atoms with Crippen molar-refractivity contribution in [1.82, 2.24) is 19.9 Å². The lowest BCUT2D eigenvalue weighted by Crippen LogP contribution is -2.05. The molecule has 0 fully saturated rings. The van der Waals surface area contributed by atoms with Crippen molar-refractivity contribution < 1.29 is 0 Å². The van der Waals surface area contributed by atoms with Gasteiger partial charge in [0.05, 0.1) is 5.75 Å². The minimum Gasteiger partial charge on any atom is -0.301 e. The molecule has 0 spiro atoms. The van der Waals surface area contributed by atoms with Crippen LogP contribution in [0.3, 0.4) is 0 Å². The monoisotopic (exact) mass is 268 g/mol. The number of aryl methyl sites for hydroxylation is 1. The SMILES string of the molecule is Cc1cc(Cl)nc(CSc2nccc(=O)[nH]2)n1. The van der Waals surface area contributed by atoms with E-state index < -0.39 is 0 Å². The molecule has 0 saturated heterocycles. The molecule has 17 heavy (non-hydrogen) atoms. The molecule has 2 rings (SSSR count). The Hall–Kier alpha value is -1.40. The standard InChI is InChI=1S/C10H9ClN4OS/c1-6-4-7(11)14-8(13-6)5-17-10-12-3-2-9(16)15-10/h2-4H,5H2,1H3,(H,12,15,16). The average molecular weight is 269 g/mol. The van der Waals surface area contributed by atoms with Gasteiger partial charge in [0.2, 0.25) is 0 Å². The number of hydrogen-bond donors (Lipinski definition) is 1. The number of aromatic nitrogens is 4. The summed E-state index contributed by atoms with van der Waals surface area (Å²) in [4.78, 5) is 26.0. The van der Waals surface area contributed by atoms with Crippen LogP contribution in [0.2, 0.25) is 5.15 Å². The summed E-state index contributed by atoms with van der Waals surface area (Å²) in [6.45, 7) is 1.85. The lowest BCUT2D eigenvalue weighted by atomic mass is 10.4. The number of rotatable bonds is 3. The van der Waals surface area contributed by atoms with Crippen LogP contribution >= 0.6 is 23.4 Å². The smallest absolute Gasteiger partial charge is 0.251 e. The van der Waals surface area contributed by atoms with E-state index in [0.29, 0.717) is 21.9 Å². The number of hydrogen-bond acceptors (Lipinski definition) is 5. The number of thioether (sulfide) groups is 1. The highest BCUT2D eigenvalue weighted by molar-refractivity contribution is 7.98. The Kier molecular flexibility index (Phi) is 3.75. The van der Waals surface area contributed by atoms with E-state index in [-0.39, 0.29) is 5.56 Å². The molecule has 2 aromatic heterocycles. The second-order valence-electron chi connectivity index (χ2n) is 3.28. The van der Waals surface area contributed by atoms with Gasteiger partial charge in [-0.05, 0) is 13.0 Å². The first-order chi connectivity index (χ1) is 8.13. The molecule has 2 aromatic rings. The van der Waals surface area contributed by atoms with Crippen molar-refractivity contribution in [3.8, 4) is 0 Å².